The van der Waals surface area contributed by atoms with Crippen LogP contribution in [0.2, 0.25) is 0 Å². The first-order valence-electron chi connectivity index (χ1n) is 6.23. The molecule has 0 aromatic carbocycles. The Bertz CT molecular complexity index is 451. The minimum absolute atomic E-state index is 0.122. The Morgan fingerprint density at radius 2 is 2.25 bits per heavy atom. The maximum atomic E-state index is 11.6. The summed E-state index contributed by atoms with van der Waals surface area (Å²) in [5.74, 6) is 0.346. The molecule has 110 valence electrons. The first kappa shape index (κ1) is 16.3. The second-order valence-electron chi connectivity index (χ2n) is 3.99. The third-order valence-electron chi connectivity index (χ3n) is 2.55. The molecule has 20 heavy (non-hydrogen) atoms. The molecule has 0 spiro atoms. The Morgan fingerprint density at radius 3 is 2.75 bits per heavy atom. The van der Waals surface area contributed by atoms with Crippen LogP contribution < -0.4 is 10.6 Å². The first-order valence-corrected chi connectivity index (χ1v) is 6.64. The zero-order chi connectivity index (χ0) is 15.0. The third-order valence-corrected chi connectivity index (χ3v) is 2.78. The molecular weight excluding hydrogens is 278 g/mol. The van der Waals surface area contributed by atoms with Crippen LogP contribution in [-0.2, 0) is 14.3 Å². The van der Waals surface area contributed by atoms with Crippen LogP contribution in [0.3, 0.4) is 0 Å². The van der Waals surface area contributed by atoms with Crippen LogP contribution in [0.1, 0.15) is 12.5 Å². The summed E-state index contributed by atoms with van der Waals surface area (Å²) in [5.41, 5.74) is 6.21. The van der Waals surface area contributed by atoms with Crippen LogP contribution in [0, 0.1) is 0 Å². The Morgan fingerprint density at radius 1 is 1.50 bits per heavy atom. The number of ether oxygens (including phenoxy) is 2. The number of thiocarbonyl (C=S) groups is 1. The summed E-state index contributed by atoms with van der Waals surface area (Å²) in [4.78, 5) is 17.9. The smallest absolute Gasteiger partial charge is 0.325 e. The summed E-state index contributed by atoms with van der Waals surface area (Å²) in [6.45, 7) is 3.26. The molecule has 0 aliphatic heterocycles. The highest BCUT2D eigenvalue weighted by Gasteiger charge is 2.13. The number of nitrogens with zero attached hydrogens (tertiary/aromatic N) is 2. The number of carbonyl (C=O) groups is 1. The molecule has 0 aliphatic rings. The van der Waals surface area contributed by atoms with Gasteiger partial charge in [-0.1, -0.05) is 12.2 Å². The standard InChI is InChI=1S/C13H19N3O3S/c1-3-19-12(17)9-16(6-7-18-2)11-5-4-10(8-15-11)13(14)20/h4-5,8H,3,6-7,9H2,1-2H3,(H2,14,20). The van der Waals surface area contributed by atoms with E-state index in [0.717, 1.165) is 0 Å². The van der Waals surface area contributed by atoms with Gasteiger partial charge in [0.15, 0.2) is 0 Å². The molecule has 0 saturated carbocycles. The van der Waals surface area contributed by atoms with Gasteiger partial charge >= 0.3 is 5.97 Å². The molecule has 0 fully saturated rings. The molecule has 0 atom stereocenters. The molecule has 7 heteroatoms. The molecule has 0 bridgehead atoms. The van der Waals surface area contributed by atoms with Gasteiger partial charge in [0, 0.05) is 25.4 Å². The van der Waals surface area contributed by atoms with E-state index in [0.29, 0.717) is 31.1 Å². The fourth-order valence-electron chi connectivity index (χ4n) is 1.56. The third kappa shape index (κ3) is 5.10. The van der Waals surface area contributed by atoms with Crippen molar-refractivity contribution < 1.29 is 14.3 Å². The lowest BCUT2D eigenvalue weighted by atomic mass is 10.3. The molecule has 1 heterocycles. The minimum Gasteiger partial charge on any atom is -0.465 e. The molecule has 6 nitrogen and oxygen atoms in total. The van der Waals surface area contributed by atoms with E-state index in [1.807, 2.05) is 0 Å². The van der Waals surface area contributed by atoms with Crippen molar-refractivity contribution >= 4 is 29.0 Å². The number of esters is 1. The number of pyridine rings is 1. The van der Waals surface area contributed by atoms with Crippen LogP contribution in [0.15, 0.2) is 18.3 Å². The topological polar surface area (TPSA) is 77.7 Å². The number of carbonyl (C=O) groups excluding carboxylic acids is 1. The van der Waals surface area contributed by atoms with Gasteiger partial charge in [-0.05, 0) is 19.1 Å². The lowest BCUT2D eigenvalue weighted by Crippen LogP contribution is -2.34. The molecule has 2 N–H and O–H groups in total. The summed E-state index contributed by atoms with van der Waals surface area (Å²) in [5, 5.41) is 0. The van der Waals surface area contributed by atoms with E-state index in [1.54, 1.807) is 37.3 Å². The maximum absolute atomic E-state index is 11.6. The summed E-state index contributed by atoms with van der Waals surface area (Å²) in [6, 6.07) is 3.54. The van der Waals surface area contributed by atoms with Gasteiger partial charge in [0.2, 0.25) is 0 Å². The predicted octanol–water partition coefficient (Wildman–Crippen LogP) is 0.732. The van der Waals surface area contributed by atoms with Crippen molar-refractivity contribution in [2.24, 2.45) is 5.73 Å². The number of nitrogens with two attached hydrogens (primary N) is 1. The van der Waals surface area contributed by atoms with Crippen LogP contribution in [0.25, 0.3) is 0 Å². The number of methoxy groups -OCH3 is 1. The Balaban J connectivity index is 2.80. The normalized spacial score (nSPS) is 10.1. The Hall–Kier alpha value is -1.73. The largest absolute Gasteiger partial charge is 0.465 e. The highest BCUT2D eigenvalue weighted by atomic mass is 32.1. The van der Waals surface area contributed by atoms with Gasteiger partial charge in [0.1, 0.15) is 17.4 Å². The van der Waals surface area contributed by atoms with Crippen molar-refractivity contribution in [3.05, 3.63) is 23.9 Å². The Labute approximate surface area is 123 Å². The van der Waals surface area contributed by atoms with Crippen molar-refractivity contribution in [1.82, 2.24) is 4.98 Å². The molecule has 0 aliphatic carbocycles. The van der Waals surface area contributed by atoms with Gasteiger partial charge in [-0.15, -0.1) is 0 Å². The molecule has 0 radical (unpaired) electrons. The minimum atomic E-state index is -0.302. The fourth-order valence-corrected chi connectivity index (χ4v) is 1.68. The van der Waals surface area contributed by atoms with E-state index >= 15 is 0 Å². The summed E-state index contributed by atoms with van der Waals surface area (Å²) >= 11 is 4.88. The molecule has 0 amide bonds. The summed E-state index contributed by atoms with van der Waals surface area (Å²) < 4.78 is 9.98. The zero-order valence-electron chi connectivity index (χ0n) is 11.7. The number of anilines is 1. The van der Waals surface area contributed by atoms with Crippen molar-refractivity contribution in [2.45, 2.75) is 6.92 Å². The SMILES string of the molecule is CCOC(=O)CN(CCOC)c1ccc(C(N)=S)cn1. The number of rotatable bonds is 8. The van der Waals surface area contributed by atoms with Gasteiger partial charge in [-0.2, -0.15) is 0 Å². The van der Waals surface area contributed by atoms with Crippen molar-refractivity contribution in [1.29, 1.82) is 0 Å². The van der Waals surface area contributed by atoms with Crippen molar-refractivity contribution in [2.75, 3.05) is 38.3 Å². The highest BCUT2D eigenvalue weighted by molar-refractivity contribution is 7.80. The van der Waals surface area contributed by atoms with Crippen LogP contribution >= 0.6 is 12.2 Å². The van der Waals surface area contributed by atoms with Gasteiger partial charge in [-0.3, -0.25) is 4.79 Å². The second-order valence-corrected chi connectivity index (χ2v) is 4.43. The number of hydrogen-bond acceptors (Lipinski definition) is 6. The second kappa shape index (κ2) is 8.44. The number of aromatic nitrogens is 1. The van der Waals surface area contributed by atoms with Gasteiger partial charge in [-0.25, -0.2) is 4.98 Å². The highest BCUT2D eigenvalue weighted by Crippen LogP contribution is 2.11. The average molecular weight is 297 g/mol. The molecule has 1 aromatic heterocycles. The van der Waals surface area contributed by atoms with Gasteiger partial charge in [0.05, 0.1) is 13.2 Å². The van der Waals surface area contributed by atoms with E-state index in [-0.39, 0.29) is 17.5 Å². The van der Waals surface area contributed by atoms with E-state index in [2.05, 4.69) is 4.98 Å². The van der Waals surface area contributed by atoms with E-state index in [1.165, 1.54) is 0 Å². The lowest BCUT2D eigenvalue weighted by molar-refractivity contribution is -0.141. The quantitative estimate of drug-likeness (QED) is 0.560. The lowest BCUT2D eigenvalue weighted by Gasteiger charge is -2.22. The van der Waals surface area contributed by atoms with E-state index in [9.17, 15) is 4.79 Å². The molecule has 1 rings (SSSR count). The van der Waals surface area contributed by atoms with Crippen molar-refractivity contribution in [3.8, 4) is 0 Å². The predicted molar refractivity (Wildman–Crippen MR) is 80.8 cm³/mol. The van der Waals surface area contributed by atoms with Gasteiger partial charge in [0.25, 0.3) is 0 Å². The fraction of sp³-hybridized carbons (Fsp3) is 0.462. The summed E-state index contributed by atoms with van der Waals surface area (Å²) in [6.07, 6.45) is 1.59. The van der Waals surface area contributed by atoms with Crippen LogP contribution in [-0.4, -0.2) is 49.4 Å². The number of hydrogen-bond donors (Lipinski definition) is 1. The monoisotopic (exact) mass is 297 g/mol. The average Bonchev–Trinajstić information content (AvgIpc) is 2.44. The van der Waals surface area contributed by atoms with Crippen LogP contribution in [0.5, 0.6) is 0 Å². The molecule has 0 unspecified atom stereocenters. The van der Waals surface area contributed by atoms with E-state index < -0.39 is 0 Å². The van der Waals surface area contributed by atoms with Crippen LogP contribution in [0.4, 0.5) is 5.82 Å². The molecule has 0 saturated heterocycles. The molecular formula is C13H19N3O3S. The Kier molecular flexibility index (Phi) is 6.89. The molecule has 1 aromatic rings. The van der Waals surface area contributed by atoms with Gasteiger partial charge < -0.3 is 20.1 Å². The van der Waals surface area contributed by atoms with Crippen molar-refractivity contribution in [3.63, 3.8) is 0 Å². The maximum Gasteiger partial charge on any atom is 0.325 e. The zero-order valence-corrected chi connectivity index (χ0v) is 12.5. The van der Waals surface area contributed by atoms with E-state index in [4.69, 9.17) is 27.4 Å². The summed E-state index contributed by atoms with van der Waals surface area (Å²) in [7, 11) is 1.60. The first-order chi connectivity index (χ1) is 9.58.